The summed E-state index contributed by atoms with van der Waals surface area (Å²) in [7, 11) is -2.70. The second-order valence-electron chi connectivity index (χ2n) is 12.9. The number of aromatic nitrogens is 2. The monoisotopic (exact) mass is 765 g/mol. The molecular weight excluding hydrogens is 721 g/mol. The minimum absolute atomic E-state index is 0.00564. The van der Waals surface area contributed by atoms with Crippen molar-refractivity contribution < 1.29 is 38.1 Å². The summed E-state index contributed by atoms with van der Waals surface area (Å²) in [5, 5.41) is 10.1. The van der Waals surface area contributed by atoms with Crippen molar-refractivity contribution in [2.45, 2.75) is 64.6 Å². The van der Waals surface area contributed by atoms with E-state index >= 15 is 0 Å². The van der Waals surface area contributed by atoms with Crippen molar-refractivity contribution in [2.75, 3.05) is 0 Å². The third-order valence-electron chi connectivity index (χ3n) is 8.83. The van der Waals surface area contributed by atoms with E-state index in [2.05, 4.69) is 25.9 Å². The maximum absolute atomic E-state index is 14.2. The highest BCUT2D eigenvalue weighted by molar-refractivity contribution is 7.47. The molecule has 0 aliphatic rings. The smallest absolute Gasteiger partial charge is 0.408 e. The van der Waals surface area contributed by atoms with Gasteiger partial charge in [-0.25, -0.2) is 14.6 Å². The molecule has 1 heterocycles. The van der Waals surface area contributed by atoms with Crippen LogP contribution in [-0.4, -0.2) is 58.0 Å². The van der Waals surface area contributed by atoms with Crippen LogP contribution in [0.15, 0.2) is 116 Å². The van der Waals surface area contributed by atoms with Gasteiger partial charge in [-0.2, -0.15) is 4.52 Å². The topological polar surface area (TPSA) is 184 Å². The van der Waals surface area contributed by atoms with Crippen LogP contribution in [0.2, 0.25) is 0 Å². The van der Waals surface area contributed by atoms with Gasteiger partial charge in [0.15, 0.2) is 6.23 Å². The lowest BCUT2D eigenvalue weighted by Gasteiger charge is -2.26. The van der Waals surface area contributed by atoms with E-state index in [9.17, 15) is 24.1 Å². The van der Waals surface area contributed by atoms with E-state index in [1.807, 2.05) is 85.8 Å². The summed E-state index contributed by atoms with van der Waals surface area (Å²) in [6, 6.07) is 29.2. The molecule has 0 aliphatic heterocycles. The van der Waals surface area contributed by atoms with Crippen LogP contribution < -0.4 is 20.8 Å². The fourth-order valence-electron chi connectivity index (χ4n) is 5.63. The highest BCUT2D eigenvalue weighted by atomic mass is 31.1. The molecule has 4 aromatic carbocycles. The summed E-state index contributed by atoms with van der Waals surface area (Å²) in [6.07, 6.45) is 1.66. The Balaban J connectivity index is 1.33. The van der Waals surface area contributed by atoms with Gasteiger partial charge in [-0.15, -0.1) is 0 Å². The summed E-state index contributed by atoms with van der Waals surface area (Å²) in [5.74, 6) is -1.66. The van der Waals surface area contributed by atoms with Gasteiger partial charge in [0, 0.05) is 30.7 Å². The van der Waals surface area contributed by atoms with E-state index in [0.717, 1.165) is 33.3 Å². The molecule has 5 atom stereocenters. The lowest BCUT2D eigenvalue weighted by Crippen LogP contribution is -2.57. The number of amides is 3. The van der Waals surface area contributed by atoms with Gasteiger partial charge in [0.2, 0.25) is 25.6 Å². The van der Waals surface area contributed by atoms with Crippen molar-refractivity contribution in [1.29, 1.82) is 0 Å². The van der Waals surface area contributed by atoms with Crippen LogP contribution >= 0.6 is 8.00 Å². The van der Waals surface area contributed by atoms with Crippen molar-refractivity contribution in [3.8, 4) is 0 Å². The molecule has 0 bridgehead atoms. The Morgan fingerprint density at radius 3 is 2.07 bits per heavy atom. The minimum atomic E-state index is -2.70. The number of hydrogen-bond acceptors (Lipinski definition) is 9. The number of carbonyl (C=O) groups is 4. The molecule has 0 spiro atoms. The van der Waals surface area contributed by atoms with Crippen LogP contribution in [0.25, 0.3) is 10.8 Å². The van der Waals surface area contributed by atoms with Crippen LogP contribution in [0, 0.1) is 5.92 Å². The van der Waals surface area contributed by atoms with Crippen LogP contribution in [0.3, 0.4) is 0 Å². The van der Waals surface area contributed by atoms with Crippen molar-refractivity contribution in [3.63, 3.8) is 0 Å². The molecule has 0 aliphatic carbocycles. The predicted molar refractivity (Wildman–Crippen MR) is 207 cm³/mol. The quantitative estimate of drug-likeness (QED) is 0.0550. The Hall–Kier alpha value is -5.88. The molecule has 13 nitrogen and oxygen atoms in total. The largest absolute Gasteiger partial charge is 0.603 e. The molecule has 5 rings (SSSR count). The second-order valence-corrected chi connectivity index (χ2v) is 13.9. The average Bonchev–Trinajstić information content (AvgIpc) is 3.72. The van der Waals surface area contributed by atoms with Gasteiger partial charge in [-0.1, -0.05) is 117 Å². The Kier molecular flexibility index (Phi) is 15.1. The first-order chi connectivity index (χ1) is 26.7. The summed E-state index contributed by atoms with van der Waals surface area (Å²) in [5.41, 5.74) is 2.87. The van der Waals surface area contributed by atoms with Gasteiger partial charge in [0.1, 0.15) is 25.3 Å². The summed E-state index contributed by atoms with van der Waals surface area (Å²) in [6.45, 7) is 3.63. The molecule has 5 aromatic rings. The van der Waals surface area contributed by atoms with Crippen LogP contribution in [-0.2, 0) is 54.4 Å². The SMILES string of the molecule is CCC(C)[C@@H](NC(=O)[C@H](Cc1cnc[nH]1)NC(=O)[C@@H](Cc1cccc2ccccc12)NC(=O)OCc1ccccc1)O[P+]([O-])=CC(=O)OCc1ccccc1. The van der Waals surface area contributed by atoms with Gasteiger partial charge >= 0.3 is 12.1 Å². The van der Waals surface area contributed by atoms with Crippen molar-refractivity contribution in [1.82, 2.24) is 25.9 Å². The number of H-pyrrole nitrogens is 1. The maximum Gasteiger partial charge on any atom is 0.408 e. The molecular formula is C41H44N5O8P. The molecule has 14 heteroatoms. The highest BCUT2D eigenvalue weighted by Gasteiger charge is 2.32. The van der Waals surface area contributed by atoms with Gasteiger partial charge in [-0.3, -0.25) is 9.59 Å². The van der Waals surface area contributed by atoms with E-state index in [1.54, 1.807) is 31.2 Å². The fourth-order valence-corrected chi connectivity index (χ4v) is 6.42. The van der Waals surface area contributed by atoms with Crippen molar-refractivity contribution >= 4 is 48.4 Å². The number of rotatable bonds is 18. The molecule has 3 amide bonds. The lowest BCUT2D eigenvalue weighted by molar-refractivity contribution is -0.178. The Morgan fingerprint density at radius 2 is 1.40 bits per heavy atom. The number of imidazole rings is 1. The van der Waals surface area contributed by atoms with E-state index in [1.165, 1.54) is 12.5 Å². The second kappa shape index (κ2) is 20.5. The molecule has 0 fully saturated rings. The standard InChI is InChI=1S/C41H44N5O8P/c1-3-28(2)40(54-55(51)26-37(47)52-24-29-13-6-4-7-14-29)46-39(49)36(22-33-23-42-27-43-33)44-38(48)35(45-41(50)53-25-30-15-8-5-9-16-30)21-32-19-12-18-31-17-10-11-20-34(31)32/h4-20,23,26-28,35-36,40H,3,21-22,24-25H2,1-2H3,(H,42,43)(H,44,48)(H,45,50)(H,46,49)/t28?,35-,36+,40+/m1/s1. The third-order valence-corrected chi connectivity index (χ3v) is 9.69. The zero-order chi connectivity index (χ0) is 39.0. The lowest BCUT2D eigenvalue weighted by atomic mass is 9.98. The molecule has 4 N–H and O–H groups in total. The number of aromatic amines is 1. The Bertz CT molecular complexity index is 2040. The molecule has 0 saturated carbocycles. The maximum atomic E-state index is 14.2. The average molecular weight is 766 g/mol. The molecule has 55 heavy (non-hydrogen) atoms. The fraction of sp³-hybridized carbons (Fsp3) is 0.268. The zero-order valence-corrected chi connectivity index (χ0v) is 31.4. The van der Waals surface area contributed by atoms with E-state index in [-0.39, 0.29) is 32.0 Å². The summed E-state index contributed by atoms with van der Waals surface area (Å²) < 4.78 is 16.3. The minimum Gasteiger partial charge on any atom is -0.603 e. The summed E-state index contributed by atoms with van der Waals surface area (Å²) >= 11 is 0. The molecule has 0 saturated heterocycles. The van der Waals surface area contributed by atoms with Crippen LogP contribution in [0.5, 0.6) is 0 Å². The molecule has 1 aromatic heterocycles. The normalized spacial score (nSPS) is 13.5. The number of esters is 1. The number of hydrogen-bond donors (Lipinski definition) is 4. The number of alkyl carbamates (subject to hydrolysis) is 1. The Morgan fingerprint density at radius 1 is 0.782 bits per heavy atom. The third kappa shape index (κ3) is 12.6. The van der Waals surface area contributed by atoms with E-state index < -0.39 is 50.2 Å². The predicted octanol–water partition coefficient (Wildman–Crippen LogP) is 4.85. The van der Waals surface area contributed by atoms with Gasteiger partial charge < -0.3 is 35.3 Å². The Labute approximate surface area is 320 Å². The highest BCUT2D eigenvalue weighted by Crippen LogP contribution is 2.22. The van der Waals surface area contributed by atoms with E-state index in [4.69, 9.17) is 14.0 Å². The number of nitrogens with zero attached hydrogens (tertiary/aromatic N) is 1. The van der Waals surface area contributed by atoms with Crippen molar-refractivity contribution in [3.05, 3.63) is 138 Å². The van der Waals surface area contributed by atoms with Crippen LogP contribution in [0.1, 0.15) is 42.7 Å². The number of ether oxygens (including phenoxy) is 2. The molecule has 0 radical (unpaired) electrons. The van der Waals surface area contributed by atoms with E-state index in [0.29, 0.717) is 12.1 Å². The first-order valence-electron chi connectivity index (χ1n) is 17.9. The first-order valence-corrected chi connectivity index (χ1v) is 19.1. The number of benzene rings is 4. The van der Waals surface area contributed by atoms with Crippen LogP contribution in [0.4, 0.5) is 4.79 Å². The molecule has 2 unspecified atom stereocenters. The number of carbonyl (C=O) groups excluding carboxylic acids is 4. The van der Waals surface area contributed by atoms with Crippen molar-refractivity contribution in [2.24, 2.45) is 5.92 Å². The number of nitrogens with one attached hydrogen (secondary N) is 4. The van der Waals surface area contributed by atoms with Gasteiger partial charge in [-0.05, 0) is 33.9 Å². The first kappa shape index (κ1) is 40.3. The number of fused-ring (bicyclic) bond motifs is 1. The summed E-state index contributed by atoms with van der Waals surface area (Å²) in [4.78, 5) is 73.6. The van der Waals surface area contributed by atoms with Gasteiger partial charge in [0.25, 0.3) is 0 Å². The van der Waals surface area contributed by atoms with Gasteiger partial charge in [0.05, 0.1) is 6.33 Å². The molecule has 286 valence electrons. The zero-order valence-electron chi connectivity index (χ0n) is 30.6.